The summed E-state index contributed by atoms with van der Waals surface area (Å²) in [5, 5.41) is 5.10. The van der Waals surface area contributed by atoms with Crippen molar-refractivity contribution in [3.63, 3.8) is 0 Å². The Morgan fingerprint density at radius 1 is 0.390 bits per heavy atom. The van der Waals surface area contributed by atoms with Crippen molar-refractivity contribution < 1.29 is 0 Å². The fraction of sp³-hybridized carbons (Fsp3) is 0.200. The molecule has 0 heterocycles. The second-order valence-electron chi connectivity index (χ2n) is 13.3. The highest BCUT2D eigenvalue weighted by Gasteiger charge is 2.22. The van der Waals surface area contributed by atoms with Crippen LogP contribution >= 0.6 is 0 Å². The van der Waals surface area contributed by atoms with E-state index >= 15 is 0 Å². The number of hydrogen-bond acceptors (Lipinski definition) is 1. The zero-order valence-electron chi connectivity index (χ0n) is 25.0. The lowest BCUT2D eigenvalue weighted by Gasteiger charge is -2.25. The fourth-order valence-corrected chi connectivity index (χ4v) is 5.89. The van der Waals surface area contributed by atoms with Crippen LogP contribution in [0.4, 0.5) is 5.69 Å². The van der Waals surface area contributed by atoms with E-state index in [0.29, 0.717) is 0 Å². The van der Waals surface area contributed by atoms with Crippen molar-refractivity contribution in [2.45, 2.75) is 52.4 Å². The van der Waals surface area contributed by atoms with Crippen LogP contribution < -0.4 is 5.73 Å². The summed E-state index contributed by atoms with van der Waals surface area (Å²) in [4.78, 5) is 0. The van der Waals surface area contributed by atoms with Crippen LogP contribution in [0.15, 0.2) is 115 Å². The molecule has 41 heavy (non-hydrogen) atoms. The van der Waals surface area contributed by atoms with Crippen LogP contribution in [0.2, 0.25) is 0 Å². The van der Waals surface area contributed by atoms with Gasteiger partial charge < -0.3 is 5.73 Å². The lowest BCUT2D eigenvalue weighted by Crippen LogP contribution is -2.11. The molecule has 0 aromatic heterocycles. The molecule has 0 aliphatic carbocycles. The molecular weight excluding hydrogens is 494 g/mol. The molecule has 0 saturated carbocycles. The van der Waals surface area contributed by atoms with Crippen molar-refractivity contribution in [3.8, 4) is 33.4 Å². The molecule has 0 amide bonds. The average Bonchev–Trinajstić information content (AvgIpc) is 2.95. The second-order valence-corrected chi connectivity index (χ2v) is 13.3. The van der Waals surface area contributed by atoms with E-state index in [0.717, 1.165) is 5.69 Å². The largest absolute Gasteiger partial charge is 0.399 e. The third-order valence-corrected chi connectivity index (χ3v) is 8.33. The van der Waals surface area contributed by atoms with Crippen LogP contribution in [-0.2, 0) is 10.8 Å². The van der Waals surface area contributed by atoms with Gasteiger partial charge >= 0.3 is 0 Å². The van der Waals surface area contributed by atoms with Crippen LogP contribution in [0, 0.1) is 0 Å². The van der Waals surface area contributed by atoms with Crippen LogP contribution in [-0.4, -0.2) is 0 Å². The highest BCUT2D eigenvalue weighted by atomic mass is 14.5. The molecule has 0 bridgehead atoms. The minimum atomic E-state index is 0.0367. The summed E-state index contributed by atoms with van der Waals surface area (Å²) in [6, 6.07) is 42.2. The molecule has 0 aliphatic rings. The molecule has 6 aromatic rings. The lowest BCUT2D eigenvalue weighted by atomic mass is 9.79. The maximum atomic E-state index is 6.13. The third kappa shape index (κ3) is 5.02. The Labute approximate surface area is 244 Å². The minimum Gasteiger partial charge on any atom is -0.399 e. The van der Waals surface area contributed by atoms with Crippen LogP contribution in [0.3, 0.4) is 0 Å². The summed E-state index contributed by atoms with van der Waals surface area (Å²) in [7, 11) is 0. The van der Waals surface area contributed by atoms with Gasteiger partial charge in [-0.25, -0.2) is 0 Å². The van der Waals surface area contributed by atoms with Crippen molar-refractivity contribution in [1.82, 2.24) is 0 Å². The summed E-state index contributed by atoms with van der Waals surface area (Å²) in [6.45, 7) is 13.7. The second kappa shape index (κ2) is 9.93. The first kappa shape index (κ1) is 26.8. The first-order valence-electron chi connectivity index (χ1n) is 14.6. The van der Waals surface area contributed by atoms with Gasteiger partial charge in [0.25, 0.3) is 0 Å². The quantitative estimate of drug-likeness (QED) is 0.178. The first-order valence-corrected chi connectivity index (χ1v) is 14.6. The van der Waals surface area contributed by atoms with E-state index in [-0.39, 0.29) is 10.8 Å². The van der Waals surface area contributed by atoms with Gasteiger partial charge in [0, 0.05) is 5.69 Å². The maximum Gasteiger partial charge on any atom is 0.0314 e. The molecule has 0 atom stereocenters. The molecule has 0 spiro atoms. The van der Waals surface area contributed by atoms with Crippen molar-refractivity contribution in [3.05, 3.63) is 126 Å². The molecular formula is C40H39N. The molecule has 2 N–H and O–H groups in total. The molecule has 0 fully saturated rings. The number of nitrogens with two attached hydrogens (primary N) is 1. The monoisotopic (exact) mass is 533 g/mol. The van der Waals surface area contributed by atoms with Crippen molar-refractivity contribution in [1.29, 1.82) is 0 Å². The molecule has 0 aliphatic heterocycles. The van der Waals surface area contributed by atoms with E-state index in [9.17, 15) is 0 Å². The van der Waals surface area contributed by atoms with Gasteiger partial charge in [0.05, 0.1) is 0 Å². The predicted molar refractivity (Wildman–Crippen MR) is 180 cm³/mol. The highest BCUT2D eigenvalue weighted by molar-refractivity contribution is 6.21. The zero-order valence-corrected chi connectivity index (χ0v) is 25.0. The topological polar surface area (TPSA) is 26.0 Å². The molecule has 0 saturated heterocycles. The SMILES string of the molecule is CC(C)(C)c1ccc2c(-c3ccc(-c4ccccc4)cc3)c3cc(C(C)(C)C)ccc3c(-c3ccc(N)cc3)c2c1. The van der Waals surface area contributed by atoms with E-state index in [2.05, 4.69) is 145 Å². The summed E-state index contributed by atoms with van der Waals surface area (Å²) in [5.74, 6) is 0. The van der Waals surface area contributed by atoms with Gasteiger partial charge in [-0.15, -0.1) is 0 Å². The fourth-order valence-electron chi connectivity index (χ4n) is 5.89. The number of rotatable bonds is 3. The van der Waals surface area contributed by atoms with Crippen LogP contribution in [0.1, 0.15) is 52.7 Å². The number of hydrogen-bond donors (Lipinski definition) is 1. The molecule has 0 radical (unpaired) electrons. The molecule has 6 rings (SSSR count). The molecule has 0 unspecified atom stereocenters. The Balaban J connectivity index is 1.73. The van der Waals surface area contributed by atoms with Gasteiger partial charge in [-0.2, -0.15) is 0 Å². The number of fused-ring (bicyclic) bond motifs is 2. The van der Waals surface area contributed by atoms with Gasteiger partial charge in [0.15, 0.2) is 0 Å². The van der Waals surface area contributed by atoms with Crippen LogP contribution in [0.5, 0.6) is 0 Å². The van der Waals surface area contributed by atoms with E-state index < -0.39 is 0 Å². The minimum absolute atomic E-state index is 0.0367. The normalized spacial score (nSPS) is 12.2. The smallest absolute Gasteiger partial charge is 0.0314 e. The zero-order chi connectivity index (χ0) is 28.9. The van der Waals surface area contributed by atoms with Gasteiger partial charge in [-0.05, 0) is 101 Å². The summed E-state index contributed by atoms with van der Waals surface area (Å²) < 4.78 is 0. The predicted octanol–water partition coefficient (Wildman–Crippen LogP) is 11.2. The van der Waals surface area contributed by atoms with E-state index in [1.165, 1.54) is 66.1 Å². The number of anilines is 1. The Morgan fingerprint density at radius 3 is 1.22 bits per heavy atom. The van der Waals surface area contributed by atoms with Crippen molar-refractivity contribution >= 4 is 27.2 Å². The summed E-state index contributed by atoms with van der Waals surface area (Å²) in [6.07, 6.45) is 0. The van der Waals surface area contributed by atoms with Crippen molar-refractivity contribution in [2.75, 3.05) is 5.73 Å². The maximum absolute atomic E-state index is 6.13. The Bertz CT molecular complexity index is 1860. The van der Waals surface area contributed by atoms with Gasteiger partial charge in [0.1, 0.15) is 0 Å². The van der Waals surface area contributed by atoms with E-state index in [1.54, 1.807) is 0 Å². The van der Waals surface area contributed by atoms with Gasteiger partial charge in [-0.1, -0.05) is 133 Å². The molecule has 1 heteroatoms. The summed E-state index contributed by atoms with van der Waals surface area (Å²) >= 11 is 0. The summed E-state index contributed by atoms with van der Waals surface area (Å²) in [5.41, 5.74) is 17.1. The van der Waals surface area contributed by atoms with Crippen LogP contribution in [0.25, 0.3) is 54.9 Å². The molecule has 1 nitrogen and oxygen atoms in total. The Morgan fingerprint density at radius 2 is 0.780 bits per heavy atom. The Kier molecular flexibility index (Phi) is 6.50. The number of benzene rings is 6. The van der Waals surface area contributed by atoms with E-state index in [1.807, 2.05) is 12.1 Å². The highest BCUT2D eigenvalue weighted by Crippen LogP contribution is 2.46. The number of nitrogen functional groups attached to an aromatic ring is 1. The van der Waals surface area contributed by atoms with Gasteiger partial charge in [-0.3, -0.25) is 0 Å². The van der Waals surface area contributed by atoms with Crippen molar-refractivity contribution in [2.24, 2.45) is 0 Å². The molecule has 204 valence electrons. The molecule has 6 aromatic carbocycles. The Hall–Kier alpha value is -4.36. The lowest BCUT2D eigenvalue weighted by molar-refractivity contribution is 0.590. The first-order chi connectivity index (χ1) is 19.5. The van der Waals surface area contributed by atoms with E-state index in [4.69, 9.17) is 5.73 Å². The van der Waals surface area contributed by atoms with Gasteiger partial charge in [0.2, 0.25) is 0 Å². The average molecular weight is 534 g/mol. The third-order valence-electron chi connectivity index (χ3n) is 8.33. The standard InChI is InChI=1S/C40H39N/c1-39(2,3)30-19-23-34-35(24-30)37(28-14-12-27(13-15-28)26-10-8-7-9-11-26)33-22-18-31(40(4,5)6)25-36(33)38(34)29-16-20-32(41)21-17-29/h7-25H,41H2,1-6H3.